The monoisotopic (exact) mass is 198 g/mol. The summed E-state index contributed by atoms with van der Waals surface area (Å²) in [5.74, 6) is 1.25. The highest BCUT2D eigenvalue weighted by atomic mass is 15.1. The van der Waals surface area contributed by atoms with Crippen LogP contribution in [-0.2, 0) is 13.0 Å². The van der Waals surface area contributed by atoms with E-state index in [1.807, 2.05) is 53.9 Å². The second-order valence-electron chi connectivity index (χ2n) is 2.14. The molecule has 0 spiro atoms. The van der Waals surface area contributed by atoms with Gasteiger partial charge in [-0.2, -0.15) is 0 Å². The van der Waals surface area contributed by atoms with Gasteiger partial charge in [-0.1, -0.05) is 41.5 Å². The summed E-state index contributed by atoms with van der Waals surface area (Å²) in [6.45, 7) is 13.2. The molecule has 84 valence electrons. The van der Waals surface area contributed by atoms with E-state index < -0.39 is 0 Å². The quantitative estimate of drug-likeness (QED) is 0.618. The molecule has 0 atom stereocenters. The Morgan fingerprint density at radius 2 is 1.64 bits per heavy atom. The van der Waals surface area contributed by atoms with E-state index in [0.717, 1.165) is 0 Å². The van der Waals surface area contributed by atoms with Crippen LogP contribution in [0.3, 0.4) is 0 Å². The molecule has 1 aliphatic heterocycles. The first kappa shape index (κ1) is 15.7. The number of nitrogens with zero attached hydrogens (tertiary/aromatic N) is 2. The smallest absolute Gasteiger partial charge is 0.108 e. The minimum absolute atomic E-state index is 1.17. The van der Waals surface area contributed by atoms with Crippen LogP contribution in [0.5, 0.6) is 0 Å². The normalized spacial score (nSPS) is 10.7. The lowest BCUT2D eigenvalue weighted by Gasteiger charge is -1.88. The summed E-state index contributed by atoms with van der Waals surface area (Å²) in [7, 11) is 0. The van der Waals surface area contributed by atoms with Gasteiger partial charge in [0.2, 0.25) is 0 Å². The molecule has 2 heteroatoms. The fourth-order valence-electron chi connectivity index (χ4n) is 1.18. The first-order valence-corrected chi connectivity index (χ1v) is 5.97. The van der Waals surface area contributed by atoms with Crippen LogP contribution < -0.4 is 0 Å². The molecule has 0 saturated heterocycles. The topological polar surface area (TPSA) is 17.8 Å². The summed E-state index contributed by atoms with van der Waals surface area (Å²) in [6.07, 6.45) is 6.37. The fraction of sp³-hybridized carbons (Fsp3) is 0.750. The number of fused-ring (bicyclic) bond motifs is 1. The van der Waals surface area contributed by atoms with Crippen LogP contribution in [0, 0.1) is 0 Å². The molecule has 0 radical (unpaired) electrons. The van der Waals surface area contributed by atoms with Gasteiger partial charge in [-0.15, -0.1) is 0 Å². The maximum absolute atomic E-state index is 4.16. The molecular formula is C12H26N2. The largest absolute Gasteiger partial charge is 0.335 e. The third-order valence-corrected chi connectivity index (χ3v) is 1.60. The van der Waals surface area contributed by atoms with Gasteiger partial charge in [0.25, 0.3) is 0 Å². The molecule has 0 saturated carbocycles. The third-order valence-electron chi connectivity index (χ3n) is 1.60. The van der Waals surface area contributed by atoms with Gasteiger partial charge in [-0.25, -0.2) is 4.98 Å². The van der Waals surface area contributed by atoms with Crippen molar-refractivity contribution in [2.75, 3.05) is 0 Å². The van der Waals surface area contributed by atoms with E-state index in [0.29, 0.717) is 0 Å². The van der Waals surface area contributed by atoms with Crippen LogP contribution in [0.15, 0.2) is 12.4 Å². The number of aryl methyl sites for hydroxylation is 2. The predicted octanol–water partition coefficient (Wildman–Crippen LogP) is 3.91. The highest BCUT2D eigenvalue weighted by Crippen LogP contribution is 2.10. The van der Waals surface area contributed by atoms with Crippen molar-refractivity contribution in [1.29, 1.82) is 0 Å². The molecule has 0 amide bonds. The molecule has 0 N–H and O–H groups in total. The van der Waals surface area contributed by atoms with Crippen LogP contribution in [0.25, 0.3) is 0 Å². The van der Waals surface area contributed by atoms with Gasteiger partial charge >= 0.3 is 0 Å². The highest BCUT2D eigenvalue weighted by molar-refractivity contribution is 4.96. The van der Waals surface area contributed by atoms with Crippen LogP contribution >= 0.6 is 0 Å². The van der Waals surface area contributed by atoms with Gasteiger partial charge in [-0.05, 0) is 6.42 Å². The molecule has 2 rings (SSSR count). The van der Waals surface area contributed by atoms with Gasteiger partial charge < -0.3 is 4.57 Å². The molecular weight excluding hydrogens is 172 g/mol. The van der Waals surface area contributed by atoms with Gasteiger partial charge in [-0.3, -0.25) is 0 Å². The first-order chi connectivity index (χ1) is 6.97. The summed E-state index contributed by atoms with van der Waals surface area (Å²) in [4.78, 5) is 4.16. The van der Waals surface area contributed by atoms with Crippen molar-refractivity contribution in [3.05, 3.63) is 18.2 Å². The number of hydrogen-bond acceptors (Lipinski definition) is 1. The Morgan fingerprint density at radius 3 is 2.14 bits per heavy atom. The molecule has 2 nitrogen and oxygen atoms in total. The maximum Gasteiger partial charge on any atom is 0.108 e. The number of hydrogen-bond donors (Lipinski definition) is 0. The van der Waals surface area contributed by atoms with Crippen molar-refractivity contribution >= 4 is 0 Å². The predicted molar refractivity (Wildman–Crippen MR) is 64.6 cm³/mol. The molecule has 1 aromatic heterocycles. The SMILES string of the molecule is CC.CC.CC.c1cn2c(n1)CCC2. The van der Waals surface area contributed by atoms with Gasteiger partial charge in [0.15, 0.2) is 0 Å². The van der Waals surface area contributed by atoms with E-state index in [2.05, 4.69) is 9.55 Å². The van der Waals surface area contributed by atoms with Crippen LogP contribution in [0.2, 0.25) is 0 Å². The zero-order chi connectivity index (χ0) is 11.4. The van der Waals surface area contributed by atoms with Crippen molar-refractivity contribution in [1.82, 2.24) is 9.55 Å². The molecule has 1 aromatic rings. The number of imidazole rings is 1. The standard InChI is InChI=1S/C6H8N2.3C2H6/c1-2-6-7-3-5-8(6)4-1;3*1-2/h3,5H,1-2,4H2;3*1-2H3. The average Bonchev–Trinajstić information content (AvgIpc) is 2.89. The van der Waals surface area contributed by atoms with Crippen LogP contribution in [0.1, 0.15) is 53.8 Å². The van der Waals surface area contributed by atoms with E-state index in [-0.39, 0.29) is 0 Å². The Labute approximate surface area is 89.4 Å². The van der Waals surface area contributed by atoms with E-state index in [4.69, 9.17) is 0 Å². The van der Waals surface area contributed by atoms with E-state index in [1.165, 1.54) is 25.2 Å². The Bertz CT molecular complexity index is 173. The maximum atomic E-state index is 4.16. The van der Waals surface area contributed by atoms with E-state index in [1.54, 1.807) is 0 Å². The van der Waals surface area contributed by atoms with Crippen molar-refractivity contribution < 1.29 is 0 Å². The van der Waals surface area contributed by atoms with Gasteiger partial charge in [0.05, 0.1) is 0 Å². The number of aromatic nitrogens is 2. The van der Waals surface area contributed by atoms with E-state index in [9.17, 15) is 0 Å². The van der Waals surface area contributed by atoms with Crippen LogP contribution in [-0.4, -0.2) is 9.55 Å². The van der Waals surface area contributed by atoms with Gasteiger partial charge in [0, 0.05) is 25.4 Å². The highest BCUT2D eigenvalue weighted by Gasteiger charge is 2.07. The van der Waals surface area contributed by atoms with Crippen molar-refractivity contribution in [2.24, 2.45) is 0 Å². The van der Waals surface area contributed by atoms with Crippen LogP contribution in [0.4, 0.5) is 0 Å². The zero-order valence-corrected chi connectivity index (χ0v) is 10.7. The summed E-state index contributed by atoms with van der Waals surface area (Å²) in [6, 6.07) is 0. The van der Waals surface area contributed by atoms with Crippen molar-refractivity contribution in [3.8, 4) is 0 Å². The lowest BCUT2D eigenvalue weighted by Crippen LogP contribution is -1.87. The first-order valence-electron chi connectivity index (χ1n) is 5.97. The molecule has 0 fully saturated rings. The average molecular weight is 198 g/mol. The Hall–Kier alpha value is -0.790. The third kappa shape index (κ3) is 5.05. The molecule has 0 unspecified atom stereocenters. The minimum atomic E-state index is 1.17. The van der Waals surface area contributed by atoms with E-state index >= 15 is 0 Å². The Kier molecular flexibility index (Phi) is 13.7. The second kappa shape index (κ2) is 12.2. The molecule has 14 heavy (non-hydrogen) atoms. The lowest BCUT2D eigenvalue weighted by atomic mass is 10.4. The lowest BCUT2D eigenvalue weighted by molar-refractivity contribution is 0.750. The molecule has 1 aliphatic rings. The van der Waals surface area contributed by atoms with Crippen molar-refractivity contribution in [2.45, 2.75) is 60.9 Å². The summed E-state index contributed by atoms with van der Waals surface area (Å²) < 4.78 is 2.21. The second-order valence-corrected chi connectivity index (χ2v) is 2.14. The van der Waals surface area contributed by atoms with Gasteiger partial charge in [0.1, 0.15) is 5.82 Å². The fourth-order valence-corrected chi connectivity index (χ4v) is 1.18. The Morgan fingerprint density at radius 1 is 1.07 bits per heavy atom. The summed E-state index contributed by atoms with van der Waals surface area (Å²) in [5, 5.41) is 0. The number of rotatable bonds is 0. The Balaban J connectivity index is 0. The van der Waals surface area contributed by atoms with Crippen molar-refractivity contribution in [3.63, 3.8) is 0 Å². The molecule has 2 heterocycles. The minimum Gasteiger partial charge on any atom is -0.335 e. The summed E-state index contributed by atoms with van der Waals surface area (Å²) >= 11 is 0. The molecule has 0 bridgehead atoms. The molecule has 0 aliphatic carbocycles. The zero-order valence-electron chi connectivity index (χ0n) is 10.7. The summed E-state index contributed by atoms with van der Waals surface area (Å²) in [5.41, 5.74) is 0. The molecule has 0 aromatic carbocycles.